The molecule has 1 fully saturated rings. The van der Waals surface area contributed by atoms with Crippen molar-refractivity contribution in [2.75, 3.05) is 55.1 Å². The maximum Gasteiger partial charge on any atom is 0.414 e. The van der Waals surface area contributed by atoms with Gasteiger partial charge in [0.2, 0.25) is 11.8 Å². The first-order valence-corrected chi connectivity index (χ1v) is 11.1. The Labute approximate surface area is 187 Å². The second kappa shape index (κ2) is 9.99. The van der Waals surface area contributed by atoms with Crippen LogP contribution in [0.4, 0.5) is 22.1 Å². The zero-order valence-electron chi connectivity index (χ0n) is 18.8. The number of methoxy groups -OCH3 is 1. The molecule has 0 aromatic carbocycles. The lowest BCUT2D eigenvalue weighted by Crippen LogP contribution is -2.46. The molecule has 0 spiro atoms. The predicted molar refractivity (Wildman–Crippen MR) is 120 cm³/mol. The minimum Gasteiger partial charge on any atom is -0.481 e. The highest BCUT2D eigenvalue weighted by Crippen LogP contribution is 2.40. The number of nitrogens with one attached hydrogen (secondary N) is 1. The van der Waals surface area contributed by atoms with E-state index in [2.05, 4.69) is 32.1 Å². The van der Waals surface area contributed by atoms with E-state index < -0.39 is 0 Å². The SMILES string of the molecule is CCOC(=O)N1c2ccc(OC)nc2C(Nc2ncc(N3CCOCC3)cn2)CC1CC. The molecule has 172 valence electrons. The average Bonchev–Trinajstić information content (AvgIpc) is 2.84. The van der Waals surface area contributed by atoms with E-state index in [9.17, 15) is 4.79 Å². The quantitative estimate of drug-likeness (QED) is 0.723. The van der Waals surface area contributed by atoms with Gasteiger partial charge in [-0.05, 0) is 25.8 Å². The van der Waals surface area contributed by atoms with Crippen molar-refractivity contribution in [3.8, 4) is 5.88 Å². The van der Waals surface area contributed by atoms with Gasteiger partial charge in [-0.2, -0.15) is 0 Å². The number of anilines is 3. The topological polar surface area (TPSA) is 102 Å². The number of hydrogen-bond acceptors (Lipinski definition) is 9. The molecular formula is C22H30N6O4. The summed E-state index contributed by atoms with van der Waals surface area (Å²) in [5, 5.41) is 3.41. The molecule has 4 heterocycles. The molecular weight excluding hydrogens is 412 g/mol. The normalized spacial score (nSPS) is 20.5. The lowest BCUT2D eigenvalue weighted by atomic mass is 9.93. The van der Waals surface area contributed by atoms with E-state index in [1.807, 2.05) is 18.5 Å². The van der Waals surface area contributed by atoms with Gasteiger partial charge in [-0.3, -0.25) is 4.90 Å². The monoisotopic (exact) mass is 442 g/mol. The number of aromatic nitrogens is 3. The number of fused-ring (bicyclic) bond motifs is 1. The Hall–Kier alpha value is -3.14. The first-order valence-electron chi connectivity index (χ1n) is 11.1. The minimum atomic E-state index is -0.364. The van der Waals surface area contributed by atoms with Crippen LogP contribution in [0.1, 0.15) is 38.4 Å². The Kier molecular flexibility index (Phi) is 6.89. The van der Waals surface area contributed by atoms with E-state index in [4.69, 9.17) is 14.2 Å². The fourth-order valence-electron chi connectivity index (χ4n) is 4.16. The van der Waals surface area contributed by atoms with Crippen LogP contribution in [0, 0.1) is 0 Å². The fraction of sp³-hybridized carbons (Fsp3) is 0.545. The van der Waals surface area contributed by atoms with Gasteiger partial charge in [0.25, 0.3) is 0 Å². The molecule has 2 aromatic rings. The zero-order chi connectivity index (χ0) is 22.5. The van der Waals surface area contributed by atoms with Gasteiger partial charge < -0.3 is 24.4 Å². The third kappa shape index (κ3) is 4.55. The molecule has 0 bridgehead atoms. The summed E-state index contributed by atoms with van der Waals surface area (Å²) < 4.78 is 16.1. The Morgan fingerprint density at radius 3 is 2.62 bits per heavy atom. The summed E-state index contributed by atoms with van der Waals surface area (Å²) in [5.41, 5.74) is 2.40. The van der Waals surface area contributed by atoms with Gasteiger partial charge >= 0.3 is 6.09 Å². The Balaban J connectivity index is 1.60. The molecule has 0 aliphatic carbocycles. The number of carbonyl (C=O) groups is 1. The second-order valence-electron chi connectivity index (χ2n) is 7.69. The summed E-state index contributed by atoms with van der Waals surface area (Å²) in [6, 6.07) is 3.40. The molecule has 4 rings (SSSR count). The summed E-state index contributed by atoms with van der Waals surface area (Å²) in [6.45, 7) is 7.26. The molecule has 1 amide bonds. The molecule has 0 saturated carbocycles. The Morgan fingerprint density at radius 2 is 1.97 bits per heavy atom. The van der Waals surface area contributed by atoms with Crippen LogP contribution < -0.4 is 19.9 Å². The number of morpholine rings is 1. The van der Waals surface area contributed by atoms with Crippen molar-refractivity contribution in [3.05, 3.63) is 30.2 Å². The van der Waals surface area contributed by atoms with Gasteiger partial charge in [0.05, 0.1) is 62.4 Å². The fourth-order valence-corrected chi connectivity index (χ4v) is 4.16. The first-order chi connectivity index (χ1) is 15.6. The van der Waals surface area contributed by atoms with Gasteiger partial charge in [0.1, 0.15) is 0 Å². The zero-order valence-corrected chi connectivity index (χ0v) is 18.8. The molecule has 32 heavy (non-hydrogen) atoms. The smallest absolute Gasteiger partial charge is 0.414 e. The van der Waals surface area contributed by atoms with E-state index in [0.717, 1.165) is 25.2 Å². The molecule has 0 radical (unpaired) electrons. The van der Waals surface area contributed by atoms with Crippen LogP contribution in [0.3, 0.4) is 0 Å². The van der Waals surface area contributed by atoms with Gasteiger partial charge in [-0.25, -0.2) is 19.7 Å². The molecule has 10 nitrogen and oxygen atoms in total. The van der Waals surface area contributed by atoms with Crippen LogP contribution >= 0.6 is 0 Å². The number of ether oxygens (including phenoxy) is 3. The summed E-state index contributed by atoms with van der Waals surface area (Å²) in [7, 11) is 1.57. The molecule has 2 aliphatic heterocycles. The van der Waals surface area contributed by atoms with E-state index >= 15 is 0 Å². The van der Waals surface area contributed by atoms with Crippen molar-refractivity contribution >= 4 is 23.4 Å². The standard InChI is InChI=1S/C22H30N6O4/c1-4-15-12-17(25-21-23-13-16(14-24-21)27-8-10-31-11-9-27)20-18(6-7-19(26-20)30-3)28(15)22(29)32-5-2/h6-7,13-15,17H,4-5,8-12H2,1-3H3,(H,23,24,25). The molecule has 1 N–H and O–H groups in total. The van der Waals surface area contributed by atoms with Crippen LogP contribution in [-0.4, -0.2) is 67.1 Å². The summed E-state index contributed by atoms with van der Waals surface area (Å²) in [4.78, 5) is 30.3. The van der Waals surface area contributed by atoms with Gasteiger partial charge in [0, 0.05) is 25.2 Å². The molecule has 2 atom stereocenters. The third-order valence-corrected chi connectivity index (χ3v) is 5.80. The van der Waals surface area contributed by atoms with Crippen molar-refractivity contribution < 1.29 is 19.0 Å². The predicted octanol–water partition coefficient (Wildman–Crippen LogP) is 3.02. The van der Waals surface area contributed by atoms with E-state index in [1.54, 1.807) is 25.0 Å². The maximum absolute atomic E-state index is 12.7. The number of carbonyl (C=O) groups excluding carboxylic acids is 1. The van der Waals surface area contributed by atoms with E-state index in [1.165, 1.54) is 0 Å². The van der Waals surface area contributed by atoms with Crippen LogP contribution in [0.15, 0.2) is 24.5 Å². The van der Waals surface area contributed by atoms with Crippen molar-refractivity contribution in [2.24, 2.45) is 0 Å². The second-order valence-corrected chi connectivity index (χ2v) is 7.69. The van der Waals surface area contributed by atoms with Crippen LogP contribution in [-0.2, 0) is 9.47 Å². The number of rotatable bonds is 6. The van der Waals surface area contributed by atoms with Gasteiger partial charge in [-0.15, -0.1) is 0 Å². The minimum absolute atomic E-state index is 0.0399. The highest BCUT2D eigenvalue weighted by atomic mass is 16.6. The highest BCUT2D eigenvalue weighted by Gasteiger charge is 2.37. The molecule has 1 saturated heterocycles. The lowest BCUT2D eigenvalue weighted by Gasteiger charge is -2.39. The average molecular weight is 443 g/mol. The van der Waals surface area contributed by atoms with E-state index in [-0.39, 0.29) is 18.2 Å². The maximum atomic E-state index is 12.7. The lowest BCUT2D eigenvalue weighted by molar-refractivity contribution is 0.122. The van der Waals surface area contributed by atoms with Gasteiger partial charge in [-0.1, -0.05) is 6.92 Å². The molecule has 2 aromatic heterocycles. The van der Waals surface area contributed by atoms with Crippen LogP contribution in [0.2, 0.25) is 0 Å². The van der Waals surface area contributed by atoms with Crippen molar-refractivity contribution in [2.45, 2.75) is 38.8 Å². The first kappa shape index (κ1) is 22.1. The van der Waals surface area contributed by atoms with Crippen molar-refractivity contribution in [1.29, 1.82) is 0 Å². The third-order valence-electron chi connectivity index (χ3n) is 5.80. The summed E-state index contributed by atoms with van der Waals surface area (Å²) >= 11 is 0. The molecule has 2 unspecified atom stereocenters. The molecule has 10 heteroatoms. The van der Waals surface area contributed by atoms with Crippen LogP contribution in [0.25, 0.3) is 0 Å². The number of amides is 1. The summed E-state index contributed by atoms with van der Waals surface area (Å²) in [5.74, 6) is 1.000. The van der Waals surface area contributed by atoms with Crippen molar-refractivity contribution in [3.63, 3.8) is 0 Å². The van der Waals surface area contributed by atoms with E-state index in [0.29, 0.717) is 49.5 Å². The highest BCUT2D eigenvalue weighted by molar-refractivity contribution is 5.90. The number of pyridine rings is 1. The van der Waals surface area contributed by atoms with Crippen LogP contribution in [0.5, 0.6) is 5.88 Å². The Bertz CT molecular complexity index is 919. The summed E-state index contributed by atoms with van der Waals surface area (Å²) in [6.07, 6.45) is 4.71. The van der Waals surface area contributed by atoms with Gasteiger partial charge in [0.15, 0.2) is 0 Å². The van der Waals surface area contributed by atoms with Crippen molar-refractivity contribution in [1.82, 2.24) is 15.0 Å². The Morgan fingerprint density at radius 1 is 1.22 bits per heavy atom. The molecule has 2 aliphatic rings. The largest absolute Gasteiger partial charge is 0.481 e. The number of hydrogen-bond donors (Lipinski definition) is 1. The number of nitrogens with zero attached hydrogens (tertiary/aromatic N) is 5.